The van der Waals surface area contributed by atoms with Crippen LogP contribution >= 0.6 is 12.4 Å². The maximum absolute atomic E-state index is 3.51. The van der Waals surface area contributed by atoms with E-state index in [0.29, 0.717) is 6.04 Å². The van der Waals surface area contributed by atoms with Gasteiger partial charge in [0.2, 0.25) is 0 Å². The molecule has 0 bridgehead atoms. The zero-order valence-corrected chi connectivity index (χ0v) is 13.0. The number of halogens is 1. The molecule has 0 amide bonds. The molecule has 2 atom stereocenters. The summed E-state index contributed by atoms with van der Waals surface area (Å²) in [7, 11) is 2.11. The highest BCUT2D eigenvalue weighted by Gasteiger charge is 2.27. The van der Waals surface area contributed by atoms with E-state index in [1.54, 1.807) is 0 Å². The second kappa shape index (κ2) is 8.44. The summed E-state index contributed by atoms with van der Waals surface area (Å²) in [5.74, 6) is 0.795. The maximum atomic E-state index is 3.51. The molecule has 0 spiro atoms. The van der Waals surface area contributed by atoms with Crippen LogP contribution in [0.1, 0.15) is 32.6 Å². The van der Waals surface area contributed by atoms with E-state index in [-0.39, 0.29) is 12.4 Å². The molecule has 2 nitrogen and oxygen atoms in total. The van der Waals surface area contributed by atoms with Gasteiger partial charge in [-0.2, -0.15) is 0 Å². The van der Waals surface area contributed by atoms with Crippen LogP contribution in [0.2, 0.25) is 0 Å². The van der Waals surface area contributed by atoms with Gasteiger partial charge in [-0.15, -0.1) is 12.4 Å². The van der Waals surface area contributed by atoms with E-state index < -0.39 is 0 Å². The summed E-state index contributed by atoms with van der Waals surface area (Å²) in [5.41, 5.74) is 1.38. The van der Waals surface area contributed by atoms with Crippen molar-refractivity contribution in [2.75, 3.05) is 25.0 Å². The monoisotopic (exact) mass is 282 g/mol. The van der Waals surface area contributed by atoms with Crippen molar-refractivity contribution in [3.8, 4) is 0 Å². The fraction of sp³-hybridized carbons (Fsp3) is 0.625. The minimum absolute atomic E-state index is 0. The number of hydrogen-bond donors (Lipinski definition) is 1. The van der Waals surface area contributed by atoms with E-state index in [1.165, 1.54) is 44.5 Å². The van der Waals surface area contributed by atoms with Gasteiger partial charge in [-0.3, -0.25) is 0 Å². The third-order valence-electron chi connectivity index (χ3n) is 4.15. The fourth-order valence-corrected chi connectivity index (χ4v) is 3.04. The Hall–Kier alpha value is -0.730. The average Bonchev–Trinajstić information content (AvgIpc) is 2.45. The van der Waals surface area contributed by atoms with Gasteiger partial charge in [-0.05, 0) is 37.9 Å². The highest BCUT2D eigenvalue weighted by Crippen LogP contribution is 2.26. The number of para-hydroxylation sites is 1. The Labute approximate surface area is 124 Å². The third-order valence-corrected chi connectivity index (χ3v) is 4.15. The summed E-state index contributed by atoms with van der Waals surface area (Å²) in [5, 5.41) is 3.51. The molecule has 1 aliphatic heterocycles. The number of rotatable bonds is 5. The first kappa shape index (κ1) is 16.3. The molecule has 1 fully saturated rings. The van der Waals surface area contributed by atoms with Crippen LogP contribution in [0.15, 0.2) is 30.3 Å². The van der Waals surface area contributed by atoms with Crippen LogP contribution < -0.4 is 10.2 Å². The number of nitrogens with zero attached hydrogens (tertiary/aromatic N) is 1. The summed E-state index contributed by atoms with van der Waals surface area (Å²) in [6.45, 7) is 4.67. The molecule has 19 heavy (non-hydrogen) atoms. The lowest BCUT2D eigenvalue weighted by Crippen LogP contribution is -2.48. The van der Waals surface area contributed by atoms with Crippen LogP contribution in [0.5, 0.6) is 0 Å². The second-order valence-corrected chi connectivity index (χ2v) is 5.37. The highest BCUT2D eigenvalue weighted by atomic mass is 35.5. The van der Waals surface area contributed by atoms with Crippen molar-refractivity contribution in [2.45, 2.75) is 38.6 Å². The van der Waals surface area contributed by atoms with E-state index in [1.807, 2.05) is 0 Å². The fourth-order valence-electron chi connectivity index (χ4n) is 3.04. The molecule has 0 radical (unpaired) electrons. The molecular weight excluding hydrogens is 256 g/mol. The number of nitrogens with one attached hydrogen (secondary N) is 1. The molecule has 108 valence electrons. The summed E-state index contributed by atoms with van der Waals surface area (Å²) in [6, 6.07) is 11.5. The molecule has 0 aromatic heterocycles. The topological polar surface area (TPSA) is 15.3 Å². The predicted molar refractivity (Wildman–Crippen MR) is 86.4 cm³/mol. The van der Waals surface area contributed by atoms with Gasteiger partial charge < -0.3 is 10.2 Å². The molecular formula is C16H27ClN2. The van der Waals surface area contributed by atoms with Gasteiger partial charge in [0.1, 0.15) is 0 Å². The summed E-state index contributed by atoms with van der Waals surface area (Å²) in [6.07, 6.45) is 5.27. The van der Waals surface area contributed by atoms with Crippen molar-refractivity contribution in [1.82, 2.24) is 5.32 Å². The van der Waals surface area contributed by atoms with Crippen molar-refractivity contribution < 1.29 is 0 Å². The van der Waals surface area contributed by atoms with Crippen LogP contribution in [0.4, 0.5) is 5.69 Å². The Morgan fingerprint density at radius 2 is 2.00 bits per heavy atom. The Bertz CT molecular complexity index is 342. The van der Waals surface area contributed by atoms with Gasteiger partial charge in [0.15, 0.2) is 0 Å². The molecule has 1 N–H and O–H groups in total. The van der Waals surface area contributed by atoms with E-state index in [0.717, 1.165) is 5.92 Å². The van der Waals surface area contributed by atoms with Gasteiger partial charge >= 0.3 is 0 Å². The second-order valence-electron chi connectivity index (χ2n) is 5.37. The van der Waals surface area contributed by atoms with Crippen molar-refractivity contribution in [1.29, 1.82) is 0 Å². The average molecular weight is 283 g/mol. The van der Waals surface area contributed by atoms with E-state index >= 15 is 0 Å². The summed E-state index contributed by atoms with van der Waals surface area (Å²) >= 11 is 0. The lowest BCUT2D eigenvalue weighted by Gasteiger charge is -2.40. The molecule has 2 rings (SSSR count). The molecule has 1 aromatic carbocycles. The molecule has 0 aliphatic carbocycles. The van der Waals surface area contributed by atoms with Gasteiger partial charge in [-0.25, -0.2) is 0 Å². The zero-order valence-electron chi connectivity index (χ0n) is 12.1. The molecule has 1 aliphatic rings. The Kier molecular flexibility index (Phi) is 7.25. The highest BCUT2D eigenvalue weighted by molar-refractivity contribution is 5.85. The number of piperidine rings is 1. The molecule has 0 saturated carbocycles. The van der Waals surface area contributed by atoms with Gasteiger partial charge in [0.25, 0.3) is 0 Å². The van der Waals surface area contributed by atoms with E-state index in [2.05, 4.69) is 54.5 Å². The van der Waals surface area contributed by atoms with Gasteiger partial charge in [0, 0.05) is 24.8 Å². The molecule has 1 heterocycles. The Morgan fingerprint density at radius 3 is 2.63 bits per heavy atom. The third kappa shape index (κ3) is 4.39. The van der Waals surface area contributed by atoms with Gasteiger partial charge in [-0.1, -0.05) is 38.0 Å². The normalized spacial score (nSPS) is 22.9. The van der Waals surface area contributed by atoms with Crippen LogP contribution in [0.25, 0.3) is 0 Å². The number of anilines is 1. The number of unbranched alkanes of at least 4 members (excludes halogenated alkanes) is 1. The largest absolute Gasteiger partial charge is 0.371 e. The van der Waals surface area contributed by atoms with Crippen molar-refractivity contribution in [2.24, 2.45) is 5.92 Å². The molecule has 0 unspecified atom stereocenters. The molecule has 3 heteroatoms. The van der Waals surface area contributed by atoms with Crippen molar-refractivity contribution in [3.63, 3.8) is 0 Å². The molecule has 1 saturated heterocycles. The zero-order chi connectivity index (χ0) is 12.8. The SMILES string of the molecule is CCCC[C@H]1CN(c2ccccc2)CC[C@H]1NC.Cl. The van der Waals surface area contributed by atoms with Crippen molar-refractivity contribution >= 4 is 18.1 Å². The Morgan fingerprint density at radius 1 is 1.26 bits per heavy atom. The number of hydrogen-bond acceptors (Lipinski definition) is 2. The standard InChI is InChI=1S/C16H26N2.ClH/c1-3-4-8-14-13-18(12-11-16(14)17-2)15-9-6-5-7-10-15;/h5-7,9-10,14,16-17H,3-4,8,11-13H2,1-2H3;1H/t14-,16+;/m0./s1. The first-order valence-corrected chi connectivity index (χ1v) is 7.32. The quantitative estimate of drug-likeness (QED) is 0.886. The predicted octanol–water partition coefficient (Wildman–Crippen LogP) is 3.71. The Balaban J connectivity index is 0.00000180. The summed E-state index contributed by atoms with van der Waals surface area (Å²) < 4.78 is 0. The van der Waals surface area contributed by atoms with E-state index in [9.17, 15) is 0 Å². The summed E-state index contributed by atoms with van der Waals surface area (Å²) in [4.78, 5) is 2.55. The van der Waals surface area contributed by atoms with Crippen LogP contribution in [-0.2, 0) is 0 Å². The lowest BCUT2D eigenvalue weighted by molar-refractivity contribution is 0.295. The minimum Gasteiger partial charge on any atom is -0.371 e. The smallest absolute Gasteiger partial charge is 0.0366 e. The van der Waals surface area contributed by atoms with E-state index in [4.69, 9.17) is 0 Å². The van der Waals surface area contributed by atoms with Crippen LogP contribution in [-0.4, -0.2) is 26.2 Å². The van der Waals surface area contributed by atoms with Crippen LogP contribution in [0.3, 0.4) is 0 Å². The van der Waals surface area contributed by atoms with Crippen LogP contribution in [0, 0.1) is 5.92 Å². The molecule has 1 aromatic rings. The van der Waals surface area contributed by atoms with Gasteiger partial charge in [0.05, 0.1) is 0 Å². The minimum atomic E-state index is 0. The first-order chi connectivity index (χ1) is 8.85. The van der Waals surface area contributed by atoms with Crippen molar-refractivity contribution in [3.05, 3.63) is 30.3 Å². The number of benzene rings is 1. The maximum Gasteiger partial charge on any atom is 0.0366 e. The first-order valence-electron chi connectivity index (χ1n) is 7.32. The lowest BCUT2D eigenvalue weighted by atomic mass is 9.87.